The van der Waals surface area contributed by atoms with Gasteiger partial charge < -0.3 is 4.90 Å². The Morgan fingerprint density at radius 1 is 1.17 bits per heavy atom. The van der Waals surface area contributed by atoms with E-state index in [1.165, 1.54) is 27.4 Å². The number of nitrogens with zero attached hydrogens (tertiary/aromatic N) is 3. The lowest BCUT2D eigenvalue weighted by atomic mass is 10.1. The number of benzene rings is 1. The summed E-state index contributed by atoms with van der Waals surface area (Å²) in [6.07, 6.45) is 0.855. The van der Waals surface area contributed by atoms with Crippen molar-refractivity contribution in [1.82, 2.24) is 9.36 Å². The van der Waals surface area contributed by atoms with E-state index in [4.69, 9.17) is 0 Å². The molecule has 1 aromatic carbocycles. The molecule has 5 heteroatoms. The second-order valence-corrected chi connectivity index (χ2v) is 6.68. The van der Waals surface area contributed by atoms with Gasteiger partial charge in [0.1, 0.15) is 0 Å². The van der Waals surface area contributed by atoms with Crippen LogP contribution in [0.1, 0.15) is 28.2 Å². The Bertz CT molecular complexity index is 885. The molecule has 0 spiro atoms. The predicted octanol–water partition coefficient (Wildman–Crippen LogP) is 4.09. The van der Waals surface area contributed by atoms with Crippen LogP contribution in [0.2, 0.25) is 0 Å². The normalized spacial score (nSPS) is 11.0. The number of carbonyl (C=O) groups is 1. The zero-order valence-corrected chi connectivity index (χ0v) is 14.6. The maximum atomic E-state index is 11.6. The van der Waals surface area contributed by atoms with E-state index in [1.807, 2.05) is 26.0 Å². The first kappa shape index (κ1) is 15.6. The Balaban J connectivity index is 2.01. The molecule has 2 aromatic heterocycles. The van der Waals surface area contributed by atoms with Gasteiger partial charge >= 0.3 is 0 Å². The van der Waals surface area contributed by atoms with Gasteiger partial charge in [0.2, 0.25) is 6.41 Å². The fourth-order valence-corrected chi connectivity index (χ4v) is 3.92. The van der Waals surface area contributed by atoms with Crippen molar-refractivity contribution in [2.75, 3.05) is 4.90 Å². The number of carbonyl (C=O) groups excluding carboxylic acids is 1. The van der Waals surface area contributed by atoms with Crippen LogP contribution >= 0.6 is 11.5 Å². The smallest absolute Gasteiger partial charge is 0.214 e. The van der Waals surface area contributed by atoms with Crippen molar-refractivity contribution >= 4 is 33.7 Å². The molecule has 4 nitrogen and oxygen atoms in total. The molecule has 0 saturated carbocycles. The average molecular weight is 325 g/mol. The van der Waals surface area contributed by atoms with Crippen molar-refractivity contribution in [3.8, 4) is 0 Å². The second kappa shape index (κ2) is 6.08. The van der Waals surface area contributed by atoms with Gasteiger partial charge in [-0.05, 0) is 68.6 Å². The Morgan fingerprint density at radius 2 is 1.96 bits per heavy atom. The summed E-state index contributed by atoms with van der Waals surface area (Å²) in [6, 6.07) is 8.17. The molecule has 0 aliphatic heterocycles. The third kappa shape index (κ3) is 2.97. The summed E-state index contributed by atoms with van der Waals surface area (Å²) in [4.78, 5) is 17.7. The molecule has 0 saturated heterocycles. The van der Waals surface area contributed by atoms with Crippen LogP contribution in [0, 0.1) is 27.7 Å². The summed E-state index contributed by atoms with van der Waals surface area (Å²) in [5, 5.41) is 1.16. The molecule has 0 aliphatic rings. The van der Waals surface area contributed by atoms with E-state index in [0.717, 1.165) is 34.6 Å². The van der Waals surface area contributed by atoms with E-state index < -0.39 is 0 Å². The fraction of sp³-hybridized carbons (Fsp3) is 0.278. The molecule has 3 aromatic rings. The summed E-state index contributed by atoms with van der Waals surface area (Å²) >= 11 is 1.49. The van der Waals surface area contributed by atoms with Crippen molar-refractivity contribution in [3.63, 3.8) is 0 Å². The van der Waals surface area contributed by atoms with Crippen LogP contribution in [0.4, 0.5) is 5.69 Å². The summed E-state index contributed by atoms with van der Waals surface area (Å²) in [6.45, 7) is 8.51. The number of aryl methyl sites for hydroxylation is 4. The SMILES string of the molecule is Cc1cc(C)c2c(CN(C=O)c3ccc(C)nc3C)nsc2c1. The van der Waals surface area contributed by atoms with Crippen molar-refractivity contribution in [2.45, 2.75) is 34.2 Å². The summed E-state index contributed by atoms with van der Waals surface area (Å²) < 4.78 is 5.75. The first-order valence-electron chi connectivity index (χ1n) is 7.51. The van der Waals surface area contributed by atoms with Crippen molar-refractivity contribution in [3.05, 3.63) is 52.5 Å². The third-order valence-electron chi connectivity index (χ3n) is 3.94. The molecular weight excluding hydrogens is 306 g/mol. The van der Waals surface area contributed by atoms with E-state index in [-0.39, 0.29) is 0 Å². The molecule has 118 valence electrons. The van der Waals surface area contributed by atoms with E-state index in [9.17, 15) is 4.79 Å². The van der Waals surface area contributed by atoms with E-state index in [1.54, 1.807) is 4.90 Å². The first-order chi connectivity index (χ1) is 11.0. The number of anilines is 1. The Hall–Kier alpha value is -2.27. The number of aromatic nitrogens is 2. The molecule has 0 fully saturated rings. The van der Waals surface area contributed by atoms with Gasteiger partial charge in [-0.3, -0.25) is 9.78 Å². The molecule has 0 unspecified atom stereocenters. The van der Waals surface area contributed by atoms with Gasteiger partial charge in [0.15, 0.2) is 0 Å². The zero-order valence-electron chi connectivity index (χ0n) is 13.8. The highest BCUT2D eigenvalue weighted by Crippen LogP contribution is 2.29. The molecule has 1 amide bonds. The first-order valence-corrected chi connectivity index (χ1v) is 8.28. The highest BCUT2D eigenvalue weighted by atomic mass is 32.1. The second-order valence-electron chi connectivity index (χ2n) is 5.87. The average Bonchev–Trinajstić information content (AvgIpc) is 2.88. The van der Waals surface area contributed by atoms with Crippen LogP contribution in [0.3, 0.4) is 0 Å². The standard InChI is InChI=1S/C18H19N3OS/c1-11-7-12(2)18-15(20-23-17(18)8-11)9-21(10-22)16-6-5-13(3)19-14(16)4/h5-8,10H,9H2,1-4H3. The molecule has 0 bridgehead atoms. The molecule has 2 heterocycles. The van der Waals surface area contributed by atoms with Gasteiger partial charge in [-0.1, -0.05) is 6.07 Å². The number of fused-ring (bicyclic) bond motifs is 1. The van der Waals surface area contributed by atoms with Crippen LogP contribution in [-0.2, 0) is 11.3 Å². The Kier molecular flexibility index (Phi) is 4.13. The molecule has 0 N–H and O–H groups in total. The lowest BCUT2D eigenvalue weighted by Crippen LogP contribution is -2.22. The number of rotatable bonds is 4. The van der Waals surface area contributed by atoms with Crippen LogP contribution in [0.5, 0.6) is 0 Å². The van der Waals surface area contributed by atoms with Crippen molar-refractivity contribution in [2.24, 2.45) is 0 Å². The van der Waals surface area contributed by atoms with Gasteiger partial charge in [0.25, 0.3) is 0 Å². The molecular formula is C18H19N3OS. The minimum atomic E-state index is 0.457. The van der Waals surface area contributed by atoms with Crippen LogP contribution in [0.25, 0.3) is 10.1 Å². The zero-order chi connectivity index (χ0) is 16.6. The Labute approximate surface area is 140 Å². The molecule has 0 atom stereocenters. The summed E-state index contributed by atoms with van der Waals surface area (Å²) in [5.74, 6) is 0. The maximum absolute atomic E-state index is 11.6. The Morgan fingerprint density at radius 3 is 2.65 bits per heavy atom. The van der Waals surface area contributed by atoms with E-state index in [2.05, 4.69) is 35.3 Å². The molecule has 23 heavy (non-hydrogen) atoms. The van der Waals surface area contributed by atoms with Gasteiger partial charge in [-0.25, -0.2) is 0 Å². The fourth-order valence-electron chi connectivity index (χ4n) is 2.95. The van der Waals surface area contributed by atoms with E-state index in [0.29, 0.717) is 6.54 Å². The maximum Gasteiger partial charge on any atom is 0.214 e. The highest BCUT2D eigenvalue weighted by molar-refractivity contribution is 7.13. The van der Waals surface area contributed by atoms with Crippen LogP contribution < -0.4 is 4.90 Å². The minimum Gasteiger partial charge on any atom is -0.307 e. The van der Waals surface area contributed by atoms with Crippen LogP contribution in [-0.4, -0.2) is 15.8 Å². The van der Waals surface area contributed by atoms with Gasteiger partial charge in [0.05, 0.1) is 28.3 Å². The topological polar surface area (TPSA) is 46.1 Å². The number of amides is 1. The minimum absolute atomic E-state index is 0.457. The highest BCUT2D eigenvalue weighted by Gasteiger charge is 2.15. The van der Waals surface area contributed by atoms with Gasteiger partial charge in [0, 0.05) is 11.1 Å². The van der Waals surface area contributed by atoms with Crippen molar-refractivity contribution < 1.29 is 4.79 Å². The lowest BCUT2D eigenvalue weighted by Gasteiger charge is -2.18. The number of hydrogen-bond donors (Lipinski definition) is 0. The summed E-state index contributed by atoms with van der Waals surface area (Å²) in [5.41, 5.74) is 6.00. The largest absolute Gasteiger partial charge is 0.307 e. The quantitative estimate of drug-likeness (QED) is 0.679. The number of pyridine rings is 1. The third-order valence-corrected chi connectivity index (χ3v) is 4.77. The van der Waals surface area contributed by atoms with Crippen molar-refractivity contribution in [1.29, 1.82) is 0 Å². The van der Waals surface area contributed by atoms with Gasteiger partial charge in [-0.15, -0.1) is 0 Å². The van der Waals surface area contributed by atoms with Crippen LogP contribution in [0.15, 0.2) is 24.3 Å². The van der Waals surface area contributed by atoms with Gasteiger partial charge in [-0.2, -0.15) is 4.37 Å². The number of hydrogen-bond acceptors (Lipinski definition) is 4. The molecule has 0 radical (unpaired) electrons. The lowest BCUT2D eigenvalue weighted by molar-refractivity contribution is -0.107. The monoisotopic (exact) mass is 325 g/mol. The summed E-state index contributed by atoms with van der Waals surface area (Å²) in [7, 11) is 0. The predicted molar refractivity (Wildman–Crippen MR) is 95.1 cm³/mol. The molecule has 3 rings (SSSR count). The van der Waals surface area contributed by atoms with E-state index >= 15 is 0 Å². The molecule has 0 aliphatic carbocycles.